The van der Waals surface area contributed by atoms with Crippen molar-refractivity contribution in [3.8, 4) is 0 Å². The summed E-state index contributed by atoms with van der Waals surface area (Å²) in [4.78, 5) is 12.0. The van der Waals surface area contributed by atoms with Crippen molar-refractivity contribution in [1.29, 1.82) is 0 Å². The molecule has 0 aliphatic rings. The molecular weight excluding hydrogens is 377 g/mol. The maximum Gasteiger partial charge on any atom is 0.356 e. The first-order valence-corrected chi connectivity index (χ1v) is 10.9. The number of anilines is 1. The highest BCUT2D eigenvalue weighted by Gasteiger charge is 2.35. The van der Waals surface area contributed by atoms with E-state index in [-0.39, 0.29) is 5.97 Å². The summed E-state index contributed by atoms with van der Waals surface area (Å²) in [6.45, 7) is 4.43. The van der Waals surface area contributed by atoms with Gasteiger partial charge in [-0.15, -0.1) is 0 Å². The van der Waals surface area contributed by atoms with Crippen molar-refractivity contribution in [2.24, 2.45) is 0 Å². The largest absolute Gasteiger partial charge is 0.462 e. The highest BCUT2D eigenvalue weighted by atomic mass is 31.2. The molecule has 0 unspecified atom stereocenters. The number of rotatable bonds is 10. The van der Waals surface area contributed by atoms with Crippen LogP contribution in [0.15, 0.2) is 48.5 Å². The molecule has 0 heterocycles. The van der Waals surface area contributed by atoms with Crippen LogP contribution >= 0.6 is 7.60 Å². The molecule has 1 N–H and O–H groups in total. The summed E-state index contributed by atoms with van der Waals surface area (Å²) in [5.41, 5.74) is 3.03. The lowest BCUT2D eigenvalue weighted by molar-refractivity contribution is 0.0499. The van der Waals surface area contributed by atoms with Gasteiger partial charge in [-0.2, -0.15) is 0 Å². The van der Waals surface area contributed by atoms with E-state index >= 15 is 0 Å². The fourth-order valence-corrected chi connectivity index (χ4v) is 4.05. The fourth-order valence-electron chi connectivity index (χ4n) is 2.63. The third-order valence-electron chi connectivity index (χ3n) is 4.37. The van der Waals surface area contributed by atoms with Gasteiger partial charge >= 0.3 is 13.6 Å². The second-order valence-corrected chi connectivity index (χ2v) is 8.76. The third-order valence-corrected chi connectivity index (χ3v) is 6.45. The average molecular weight is 405 g/mol. The highest BCUT2D eigenvalue weighted by molar-refractivity contribution is 7.54. The van der Waals surface area contributed by atoms with Crippen LogP contribution in [0.2, 0.25) is 0 Å². The first-order chi connectivity index (χ1) is 13.4. The standard InChI is InChI=1S/C21H28NO5P/c1-5-6-15-27-21(23)18-11-13-19(14-12-18)22-20(28(24,25-3)26-4)17-9-7-16(2)8-10-17/h7-14,20,22H,5-6,15H2,1-4H3/t20-/m1/s1. The molecule has 2 rings (SSSR count). The topological polar surface area (TPSA) is 73.9 Å². The van der Waals surface area contributed by atoms with Gasteiger partial charge in [0, 0.05) is 19.9 Å². The minimum absolute atomic E-state index is 0.352. The molecule has 152 valence electrons. The highest BCUT2D eigenvalue weighted by Crippen LogP contribution is 2.59. The van der Waals surface area contributed by atoms with E-state index in [1.54, 1.807) is 24.3 Å². The zero-order chi connectivity index (χ0) is 20.6. The lowest BCUT2D eigenvalue weighted by atomic mass is 10.1. The van der Waals surface area contributed by atoms with E-state index in [1.165, 1.54) is 14.2 Å². The quantitative estimate of drug-likeness (QED) is 0.317. The normalized spacial score (nSPS) is 12.4. The second kappa shape index (κ2) is 10.4. The molecule has 28 heavy (non-hydrogen) atoms. The number of benzene rings is 2. The van der Waals surface area contributed by atoms with Gasteiger partial charge in [-0.3, -0.25) is 4.57 Å². The van der Waals surface area contributed by atoms with Crippen LogP contribution in [0.5, 0.6) is 0 Å². The number of esters is 1. The van der Waals surface area contributed by atoms with Crippen LogP contribution in [0, 0.1) is 6.92 Å². The van der Waals surface area contributed by atoms with Gasteiger partial charge in [0.05, 0.1) is 12.2 Å². The first kappa shape index (κ1) is 22.2. The van der Waals surface area contributed by atoms with Gasteiger partial charge < -0.3 is 19.1 Å². The lowest BCUT2D eigenvalue weighted by Gasteiger charge is -2.26. The van der Waals surface area contributed by atoms with Crippen LogP contribution in [0.25, 0.3) is 0 Å². The zero-order valence-corrected chi connectivity index (χ0v) is 17.7. The van der Waals surface area contributed by atoms with E-state index in [9.17, 15) is 9.36 Å². The minimum atomic E-state index is -3.45. The van der Waals surface area contributed by atoms with Gasteiger partial charge in [0.2, 0.25) is 0 Å². The number of carbonyl (C=O) groups is 1. The Labute approximate surface area is 166 Å². The first-order valence-electron chi connectivity index (χ1n) is 9.25. The molecule has 2 aromatic rings. The molecule has 0 aliphatic carbocycles. The fraction of sp³-hybridized carbons (Fsp3) is 0.381. The van der Waals surface area contributed by atoms with E-state index < -0.39 is 13.4 Å². The minimum Gasteiger partial charge on any atom is -0.462 e. The molecule has 6 nitrogen and oxygen atoms in total. The van der Waals surface area contributed by atoms with Gasteiger partial charge in [0.25, 0.3) is 0 Å². The average Bonchev–Trinajstić information content (AvgIpc) is 2.73. The van der Waals surface area contributed by atoms with E-state index in [0.29, 0.717) is 17.9 Å². The lowest BCUT2D eigenvalue weighted by Crippen LogP contribution is -2.14. The Morgan fingerprint density at radius 2 is 1.64 bits per heavy atom. The van der Waals surface area contributed by atoms with Crippen LogP contribution in [0.1, 0.15) is 47.0 Å². The Morgan fingerprint density at radius 3 is 2.18 bits per heavy atom. The SMILES string of the molecule is CCCCOC(=O)c1ccc(N[C@@H](c2ccc(C)cc2)P(=O)(OC)OC)cc1. The maximum atomic E-state index is 13.1. The number of ether oxygens (including phenoxy) is 1. The van der Waals surface area contributed by atoms with Gasteiger partial charge in [-0.1, -0.05) is 43.2 Å². The number of hydrogen-bond donors (Lipinski definition) is 1. The molecule has 0 spiro atoms. The Morgan fingerprint density at radius 1 is 1.04 bits per heavy atom. The zero-order valence-electron chi connectivity index (χ0n) is 16.8. The van der Waals surface area contributed by atoms with Crippen molar-refractivity contribution in [3.63, 3.8) is 0 Å². The molecule has 1 atom stereocenters. The summed E-state index contributed by atoms with van der Waals surface area (Å²) in [7, 11) is -0.719. The molecule has 0 radical (unpaired) electrons. The molecular formula is C21H28NO5P. The Bertz CT molecular complexity index is 797. The molecule has 0 amide bonds. The van der Waals surface area contributed by atoms with Crippen LogP contribution < -0.4 is 5.32 Å². The molecule has 0 saturated heterocycles. The molecule has 0 bridgehead atoms. The number of hydrogen-bond acceptors (Lipinski definition) is 6. The Kier molecular flexibility index (Phi) is 8.24. The molecule has 2 aromatic carbocycles. The summed E-state index contributed by atoms with van der Waals surface area (Å²) in [6.07, 6.45) is 1.81. The van der Waals surface area contributed by atoms with Gasteiger partial charge in [-0.05, 0) is 43.2 Å². The Balaban J connectivity index is 2.21. The molecule has 0 aliphatic heterocycles. The number of carbonyl (C=O) groups excluding carboxylic acids is 1. The van der Waals surface area contributed by atoms with Gasteiger partial charge in [-0.25, -0.2) is 4.79 Å². The smallest absolute Gasteiger partial charge is 0.356 e. The van der Waals surface area contributed by atoms with Crippen LogP contribution in [-0.2, 0) is 18.3 Å². The monoisotopic (exact) mass is 405 g/mol. The van der Waals surface area contributed by atoms with Crippen molar-refractivity contribution in [3.05, 3.63) is 65.2 Å². The van der Waals surface area contributed by atoms with E-state index in [4.69, 9.17) is 13.8 Å². The number of nitrogens with one attached hydrogen (secondary N) is 1. The third kappa shape index (κ3) is 5.68. The summed E-state index contributed by atoms with van der Waals surface area (Å²) < 4.78 is 28.7. The molecule has 0 saturated carbocycles. The molecule has 0 fully saturated rings. The second-order valence-electron chi connectivity index (χ2n) is 6.43. The maximum absolute atomic E-state index is 13.1. The van der Waals surface area contributed by atoms with Crippen molar-refractivity contribution in [2.45, 2.75) is 32.5 Å². The summed E-state index contributed by atoms with van der Waals surface area (Å²) in [5, 5.41) is 3.21. The predicted molar refractivity (Wildman–Crippen MR) is 111 cm³/mol. The van der Waals surface area contributed by atoms with Crippen LogP contribution in [0.3, 0.4) is 0 Å². The summed E-state index contributed by atoms with van der Waals surface area (Å²) in [5.74, 6) is -1.04. The van der Waals surface area contributed by atoms with E-state index in [2.05, 4.69) is 5.32 Å². The molecule has 7 heteroatoms. The number of unbranched alkanes of at least 4 members (excludes halogenated alkanes) is 1. The van der Waals surface area contributed by atoms with E-state index in [0.717, 1.165) is 24.0 Å². The van der Waals surface area contributed by atoms with Crippen LogP contribution in [0.4, 0.5) is 5.69 Å². The summed E-state index contributed by atoms with van der Waals surface area (Å²) in [6, 6.07) is 14.5. The van der Waals surface area contributed by atoms with Crippen molar-refractivity contribution >= 4 is 19.3 Å². The van der Waals surface area contributed by atoms with Crippen molar-refractivity contribution < 1.29 is 23.1 Å². The molecule has 0 aromatic heterocycles. The summed E-state index contributed by atoms with van der Waals surface area (Å²) >= 11 is 0. The van der Waals surface area contributed by atoms with Crippen LogP contribution in [-0.4, -0.2) is 26.8 Å². The van der Waals surface area contributed by atoms with Crippen molar-refractivity contribution in [2.75, 3.05) is 26.1 Å². The Hall–Kier alpha value is -2.14. The van der Waals surface area contributed by atoms with Gasteiger partial charge in [0.1, 0.15) is 0 Å². The van der Waals surface area contributed by atoms with Gasteiger partial charge in [0.15, 0.2) is 5.78 Å². The van der Waals surface area contributed by atoms with E-state index in [1.807, 2.05) is 38.1 Å². The number of aryl methyl sites for hydroxylation is 1. The van der Waals surface area contributed by atoms with Crippen molar-refractivity contribution in [1.82, 2.24) is 0 Å². The predicted octanol–water partition coefficient (Wildman–Crippen LogP) is 5.55.